The van der Waals surface area contributed by atoms with Gasteiger partial charge in [0, 0.05) is 32.1 Å². The number of aryl methyl sites for hydroxylation is 1. The first kappa shape index (κ1) is 23.1. The number of carbonyl (C=O) groups is 1. The smallest absolute Gasteiger partial charge is 0.243 e. The standard InChI is InChI=1S/C20H31N3O3S.ClH/c1-16-3-5-19(6-4-16)27(25,26)23-13-9-18(10-14-23)20(24)22-11-7-17(8-12-22)15-21-2;/h3-6,17-18,21H,7-15H2,1-2H3;1H. The van der Waals surface area contributed by atoms with Crippen LogP contribution in [0, 0.1) is 18.8 Å². The molecule has 2 aliphatic heterocycles. The number of halogens is 1. The van der Waals surface area contributed by atoms with E-state index in [1.165, 1.54) is 4.31 Å². The van der Waals surface area contributed by atoms with E-state index in [-0.39, 0.29) is 24.2 Å². The van der Waals surface area contributed by atoms with Gasteiger partial charge in [-0.2, -0.15) is 4.31 Å². The number of sulfonamides is 1. The maximum atomic E-state index is 12.8. The van der Waals surface area contributed by atoms with Gasteiger partial charge in [-0.25, -0.2) is 8.42 Å². The van der Waals surface area contributed by atoms with Crippen molar-refractivity contribution in [1.82, 2.24) is 14.5 Å². The number of amides is 1. The minimum absolute atomic E-state index is 0. The lowest BCUT2D eigenvalue weighted by atomic mass is 9.92. The van der Waals surface area contributed by atoms with E-state index >= 15 is 0 Å². The van der Waals surface area contributed by atoms with E-state index in [0.717, 1.165) is 38.0 Å². The molecule has 1 amide bonds. The Hall–Kier alpha value is -1.15. The first-order chi connectivity index (χ1) is 12.9. The summed E-state index contributed by atoms with van der Waals surface area (Å²) in [6, 6.07) is 6.97. The lowest BCUT2D eigenvalue weighted by Gasteiger charge is -2.37. The number of carbonyl (C=O) groups excluding carboxylic acids is 1. The van der Waals surface area contributed by atoms with Crippen molar-refractivity contribution in [2.24, 2.45) is 11.8 Å². The number of likely N-dealkylation sites (tertiary alicyclic amines) is 1. The first-order valence-corrected chi connectivity index (χ1v) is 11.4. The van der Waals surface area contributed by atoms with Crippen LogP contribution < -0.4 is 5.32 Å². The molecule has 2 fully saturated rings. The second-order valence-electron chi connectivity index (χ2n) is 7.82. The monoisotopic (exact) mass is 429 g/mol. The lowest BCUT2D eigenvalue weighted by Crippen LogP contribution is -2.47. The Kier molecular flexibility index (Phi) is 8.30. The molecular formula is C20H32ClN3O3S. The summed E-state index contributed by atoms with van der Waals surface area (Å²) in [7, 11) is -1.50. The molecule has 158 valence electrons. The Bertz CT molecular complexity index is 738. The summed E-state index contributed by atoms with van der Waals surface area (Å²) in [4.78, 5) is 15.1. The van der Waals surface area contributed by atoms with Gasteiger partial charge < -0.3 is 10.2 Å². The Labute approximate surface area is 175 Å². The third-order valence-electron chi connectivity index (χ3n) is 5.88. The molecule has 1 aromatic carbocycles. The summed E-state index contributed by atoms with van der Waals surface area (Å²) in [6.45, 7) is 5.44. The van der Waals surface area contributed by atoms with E-state index < -0.39 is 10.0 Å². The van der Waals surface area contributed by atoms with Gasteiger partial charge in [0.2, 0.25) is 15.9 Å². The molecular weight excluding hydrogens is 398 g/mol. The third-order valence-corrected chi connectivity index (χ3v) is 7.79. The van der Waals surface area contributed by atoms with Crippen molar-refractivity contribution in [3.63, 3.8) is 0 Å². The maximum absolute atomic E-state index is 12.8. The van der Waals surface area contributed by atoms with Crippen LogP contribution in [0.25, 0.3) is 0 Å². The van der Waals surface area contributed by atoms with Crippen molar-refractivity contribution in [3.8, 4) is 0 Å². The average molecular weight is 430 g/mol. The quantitative estimate of drug-likeness (QED) is 0.779. The van der Waals surface area contributed by atoms with E-state index in [0.29, 0.717) is 36.7 Å². The van der Waals surface area contributed by atoms with Crippen LogP contribution in [0.15, 0.2) is 29.2 Å². The fourth-order valence-corrected chi connectivity index (χ4v) is 5.58. The number of rotatable bonds is 5. The van der Waals surface area contributed by atoms with Crippen molar-refractivity contribution in [3.05, 3.63) is 29.8 Å². The first-order valence-electron chi connectivity index (χ1n) is 9.92. The molecule has 0 spiro atoms. The highest BCUT2D eigenvalue weighted by Crippen LogP contribution is 2.27. The predicted octanol–water partition coefficient (Wildman–Crippen LogP) is 2.28. The summed E-state index contributed by atoms with van der Waals surface area (Å²) < 4.78 is 27.1. The fourth-order valence-electron chi connectivity index (χ4n) is 4.11. The van der Waals surface area contributed by atoms with Gasteiger partial charge in [-0.15, -0.1) is 12.4 Å². The summed E-state index contributed by atoms with van der Waals surface area (Å²) in [6.07, 6.45) is 3.32. The van der Waals surface area contributed by atoms with Crippen LogP contribution in [0.3, 0.4) is 0 Å². The highest BCUT2D eigenvalue weighted by molar-refractivity contribution is 7.89. The molecule has 28 heavy (non-hydrogen) atoms. The van der Waals surface area contributed by atoms with Crippen LogP contribution >= 0.6 is 12.4 Å². The van der Waals surface area contributed by atoms with Crippen LogP contribution in [0.1, 0.15) is 31.2 Å². The topological polar surface area (TPSA) is 69.7 Å². The highest BCUT2D eigenvalue weighted by atomic mass is 35.5. The Morgan fingerprint density at radius 2 is 1.61 bits per heavy atom. The average Bonchev–Trinajstić information content (AvgIpc) is 2.69. The number of benzene rings is 1. The molecule has 2 saturated heterocycles. The fraction of sp³-hybridized carbons (Fsp3) is 0.650. The van der Waals surface area contributed by atoms with Gasteiger partial charge in [-0.3, -0.25) is 4.79 Å². The Morgan fingerprint density at radius 3 is 2.14 bits per heavy atom. The minimum Gasteiger partial charge on any atom is -0.342 e. The summed E-state index contributed by atoms with van der Waals surface area (Å²) in [5.41, 5.74) is 1.04. The van der Waals surface area contributed by atoms with E-state index in [4.69, 9.17) is 0 Å². The maximum Gasteiger partial charge on any atom is 0.243 e. The SMILES string of the molecule is CNCC1CCN(C(=O)C2CCN(S(=O)(=O)c3ccc(C)cc3)CC2)CC1.Cl. The third kappa shape index (κ3) is 5.26. The van der Waals surface area contributed by atoms with Gasteiger partial charge in [-0.1, -0.05) is 17.7 Å². The van der Waals surface area contributed by atoms with Gasteiger partial charge in [0.25, 0.3) is 0 Å². The zero-order valence-corrected chi connectivity index (χ0v) is 18.4. The molecule has 2 aliphatic rings. The normalized spacial score (nSPS) is 20.0. The molecule has 6 nitrogen and oxygen atoms in total. The van der Waals surface area contributed by atoms with Crippen LogP contribution in [0.2, 0.25) is 0 Å². The molecule has 0 atom stereocenters. The lowest BCUT2D eigenvalue weighted by molar-refractivity contribution is -0.138. The highest BCUT2D eigenvalue weighted by Gasteiger charge is 2.34. The molecule has 2 heterocycles. The summed E-state index contributed by atoms with van der Waals surface area (Å²) >= 11 is 0. The molecule has 3 rings (SSSR count). The van der Waals surface area contributed by atoms with Gasteiger partial charge in [0.15, 0.2) is 0 Å². The van der Waals surface area contributed by atoms with Crippen molar-refractivity contribution < 1.29 is 13.2 Å². The van der Waals surface area contributed by atoms with Crippen LogP contribution in [-0.4, -0.2) is 63.3 Å². The summed E-state index contributed by atoms with van der Waals surface area (Å²) in [5.74, 6) is 0.821. The van der Waals surface area contributed by atoms with Crippen LogP contribution in [0.5, 0.6) is 0 Å². The van der Waals surface area contributed by atoms with Crippen LogP contribution in [0.4, 0.5) is 0 Å². The molecule has 0 bridgehead atoms. The Morgan fingerprint density at radius 1 is 1.04 bits per heavy atom. The largest absolute Gasteiger partial charge is 0.342 e. The number of nitrogens with zero attached hydrogens (tertiary/aromatic N) is 2. The molecule has 0 radical (unpaired) electrons. The zero-order valence-electron chi connectivity index (χ0n) is 16.8. The number of piperidine rings is 2. The zero-order chi connectivity index (χ0) is 19.4. The summed E-state index contributed by atoms with van der Waals surface area (Å²) in [5, 5.41) is 3.21. The second-order valence-corrected chi connectivity index (χ2v) is 9.76. The van der Waals surface area contributed by atoms with Gasteiger partial charge in [0.05, 0.1) is 4.90 Å². The van der Waals surface area contributed by atoms with Crippen molar-refractivity contribution in [2.75, 3.05) is 39.8 Å². The molecule has 1 N–H and O–H groups in total. The number of hydrogen-bond acceptors (Lipinski definition) is 4. The van der Waals surface area contributed by atoms with Gasteiger partial charge >= 0.3 is 0 Å². The van der Waals surface area contributed by atoms with Crippen LogP contribution in [-0.2, 0) is 14.8 Å². The van der Waals surface area contributed by atoms with Gasteiger partial charge in [-0.05, 0) is 64.3 Å². The Balaban J connectivity index is 0.00000280. The van der Waals surface area contributed by atoms with Crippen molar-refractivity contribution >= 4 is 28.3 Å². The molecule has 1 aromatic rings. The van der Waals surface area contributed by atoms with Gasteiger partial charge in [0.1, 0.15) is 0 Å². The molecule has 0 aromatic heterocycles. The van der Waals surface area contributed by atoms with Crippen molar-refractivity contribution in [2.45, 2.75) is 37.5 Å². The molecule has 0 aliphatic carbocycles. The second kappa shape index (κ2) is 10.1. The molecule has 8 heteroatoms. The minimum atomic E-state index is -3.46. The molecule has 0 saturated carbocycles. The molecule has 0 unspecified atom stereocenters. The van der Waals surface area contributed by atoms with Crippen molar-refractivity contribution in [1.29, 1.82) is 0 Å². The van der Waals surface area contributed by atoms with E-state index in [1.807, 2.05) is 31.0 Å². The van der Waals surface area contributed by atoms with E-state index in [9.17, 15) is 13.2 Å². The number of nitrogens with one attached hydrogen (secondary N) is 1. The van der Waals surface area contributed by atoms with E-state index in [2.05, 4.69) is 5.32 Å². The van der Waals surface area contributed by atoms with E-state index in [1.54, 1.807) is 12.1 Å². The number of hydrogen-bond donors (Lipinski definition) is 1. The predicted molar refractivity (Wildman–Crippen MR) is 113 cm³/mol.